The highest BCUT2D eigenvalue weighted by atomic mass is 32.1. The molecule has 1 aromatic rings. The summed E-state index contributed by atoms with van der Waals surface area (Å²) in [6.07, 6.45) is 3.84. The standard InChI is InChI=1S/C14H20N2S/c1-11-7-3-4-8-12(11)13(14(15)17)16-9-5-2-6-10-16/h3-4,7-8,13H,2,5-6,9-10H2,1H3,(H2,15,17). The first kappa shape index (κ1) is 12.5. The van der Waals surface area contributed by atoms with Crippen LogP contribution in [-0.2, 0) is 0 Å². The predicted octanol–water partition coefficient (Wildman–Crippen LogP) is 2.81. The lowest BCUT2D eigenvalue weighted by molar-refractivity contribution is 0.203. The number of nitrogens with zero attached hydrogens (tertiary/aromatic N) is 1. The van der Waals surface area contributed by atoms with Crippen LogP contribution in [0, 0.1) is 6.92 Å². The molecule has 0 saturated carbocycles. The van der Waals surface area contributed by atoms with E-state index in [0.717, 1.165) is 13.1 Å². The van der Waals surface area contributed by atoms with E-state index in [1.54, 1.807) is 0 Å². The second kappa shape index (κ2) is 5.61. The molecule has 0 spiro atoms. The lowest BCUT2D eigenvalue weighted by Crippen LogP contribution is -2.40. The zero-order chi connectivity index (χ0) is 12.3. The number of hydrogen-bond acceptors (Lipinski definition) is 2. The number of aryl methyl sites for hydroxylation is 1. The van der Waals surface area contributed by atoms with Crippen molar-refractivity contribution in [3.63, 3.8) is 0 Å². The molecule has 92 valence electrons. The molecule has 1 unspecified atom stereocenters. The van der Waals surface area contributed by atoms with Gasteiger partial charge in [-0.1, -0.05) is 42.9 Å². The molecule has 1 fully saturated rings. The summed E-state index contributed by atoms with van der Waals surface area (Å²) >= 11 is 5.28. The molecule has 3 heteroatoms. The van der Waals surface area contributed by atoms with Crippen molar-refractivity contribution in [2.75, 3.05) is 13.1 Å². The van der Waals surface area contributed by atoms with Crippen molar-refractivity contribution in [1.82, 2.24) is 4.90 Å². The summed E-state index contributed by atoms with van der Waals surface area (Å²) in [5.41, 5.74) is 8.50. The summed E-state index contributed by atoms with van der Waals surface area (Å²) in [6, 6.07) is 8.52. The van der Waals surface area contributed by atoms with Crippen molar-refractivity contribution in [1.29, 1.82) is 0 Å². The van der Waals surface area contributed by atoms with E-state index < -0.39 is 0 Å². The summed E-state index contributed by atoms with van der Waals surface area (Å²) in [7, 11) is 0. The summed E-state index contributed by atoms with van der Waals surface area (Å²) in [5.74, 6) is 0. The van der Waals surface area contributed by atoms with E-state index in [0.29, 0.717) is 4.99 Å². The fourth-order valence-corrected chi connectivity index (χ4v) is 2.88. The average Bonchev–Trinajstić information content (AvgIpc) is 2.33. The van der Waals surface area contributed by atoms with Gasteiger partial charge in [0.2, 0.25) is 0 Å². The highest BCUT2D eigenvalue weighted by Crippen LogP contribution is 2.27. The van der Waals surface area contributed by atoms with Crippen LogP contribution >= 0.6 is 12.2 Å². The van der Waals surface area contributed by atoms with Gasteiger partial charge in [0, 0.05) is 0 Å². The van der Waals surface area contributed by atoms with E-state index in [2.05, 4.69) is 36.1 Å². The van der Waals surface area contributed by atoms with Gasteiger partial charge in [0.1, 0.15) is 0 Å². The predicted molar refractivity (Wildman–Crippen MR) is 76.1 cm³/mol. The Balaban J connectivity index is 2.28. The van der Waals surface area contributed by atoms with E-state index >= 15 is 0 Å². The third-order valence-corrected chi connectivity index (χ3v) is 3.73. The number of thiocarbonyl (C=S) groups is 1. The Kier molecular flexibility index (Phi) is 4.13. The summed E-state index contributed by atoms with van der Waals surface area (Å²) in [4.78, 5) is 3.02. The minimum Gasteiger partial charge on any atom is -0.392 e. The van der Waals surface area contributed by atoms with Crippen molar-refractivity contribution in [2.45, 2.75) is 32.2 Å². The zero-order valence-corrected chi connectivity index (χ0v) is 11.2. The Morgan fingerprint density at radius 1 is 1.24 bits per heavy atom. The highest BCUT2D eigenvalue weighted by molar-refractivity contribution is 7.80. The van der Waals surface area contributed by atoms with Crippen LogP contribution in [0.1, 0.15) is 36.4 Å². The number of benzene rings is 1. The zero-order valence-electron chi connectivity index (χ0n) is 10.4. The van der Waals surface area contributed by atoms with Gasteiger partial charge in [-0.15, -0.1) is 0 Å². The van der Waals surface area contributed by atoms with Gasteiger partial charge >= 0.3 is 0 Å². The van der Waals surface area contributed by atoms with E-state index in [4.69, 9.17) is 18.0 Å². The molecule has 2 rings (SSSR count). The van der Waals surface area contributed by atoms with Gasteiger partial charge in [-0.2, -0.15) is 0 Å². The maximum Gasteiger partial charge on any atom is 0.0948 e. The number of nitrogens with two attached hydrogens (primary N) is 1. The fraction of sp³-hybridized carbons (Fsp3) is 0.500. The molecule has 2 nitrogen and oxygen atoms in total. The van der Waals surface area contributed by atoms with E-state index in [1.807, 2.05) is 0 Å². The molecule has 1 aliphatic heterocycles. The largest absolute Gasteiger partial charge is 0.392 e. The molecule has 0 radical (unpaired) electrons. The first-order chi connectivity index (χ1) is 8.20. The molecule has 17 heavy (non-hydrogen) atoms. The quantitative estimate of drug-likeness (QED) is 0.834. The first-order valence-electron chi connectivity index (χ1n) is 6.29. The minimum absolute atomic E-state index is 0.117. The smallest absolute Gasteiger partial charge is 0.0948 e. The lowest BCUT2D eigenvalue weighted by atomic mass is 9.98. The summed E-state index contributed by atoms with van der Waals surface area (Å²) < 4.78 is 0. The second-order valence-corrected chi connectivity index (χ2v) is 5.23. The van der Waals surface area contributed by atoms with Crippen LogP contribution in [0.2, 0.25) is 0 Å². The van der Waals surface area contributed by atoms with Gasteiger partial charge in [-0.05, 0) is 44.0 Å². The van der Waals surface area contributed by atoms with Crippen LogP contribution in [-0.4, -0.2) is 23.0 Å². The number of piperidine rings is 1. The Bertz CT molecular complexity index is 397. The molecule has 1 aromatic carbocycles. The van der Waals surface area contributed by atoms with Crippen LogP contribution in [0.5, 0.6) is 0 Å². The highest BCUT2D eigenvalue weighted by Gasteiger charge is 2.25. The Morgan fingerprint density at radius 2 is 1.88 bits per heavy atom. The van der Waals surface area contributed by atoms with E-state index in [-0.39, 0.29) is 6.04 Å². The minimum atomic E-state index is 0.117. The van der Waals surface area contributed by atoms with Crippen LogP contribution in [0.4, 0.5) is 0 Å². The fourth-order valence-electron chi connectivity index (χ4n) is 2.60. The molecule has 1 aliphatic rings. The van der Waals surface area contributed by atoms with Crippen LogP contribution in [0.3, 0.4) is 0 Å². The van der Waals surface area contributed by atoms with Crippen molar-refractivity contribution in [3.8, 4) is 0 Å². The molecule has 0 aliphatic carbocycles. The van der Waals surface area contributed by atoms with Gasteiger partial charge in [0.15, 0.2) is 0 Å². The van der Waals surface area contributed by atoms with Gasteiger partial charge in [0.25, 0.3) is 0 Å². The van der Waals surface area contributed by atoms with E-state index in [1.165, 1.54) is 30.4 Å². The molecule has 0 bridgehead atoms. The molecule has 1 atom stereocenters. The molecule has 0 amide bonds. The first-order valence-corrected chi connectivity index (χ1v) is 6.70. The SMILES string of the molecule is Cc1ccccc1C(C(N)=S)N1CCCCC1. The lowest BCUT2D eigenvalue weighted by Gasteiger charge is -2.34. The van der Waals surface area contributed by atoms with Gasteiger partial charge in [-0.25, -0.2) is 0 Å². The molecule has 1 heterocycles. The van der Waals surface area contributed by atoms with Crippen LogP contribution in [0.15, 0.2) is 24.3 Å². The number of rotatable bonds is 3. The topological polar surface area (TPSA) is 29.3 Å². The Labute approximate surface area is 109 Å². The van der Waals surface area contributed by atoms with Gasteiger partial charge in [0.05, 0.1) is 11.0 Å². The average molecular weight is 248 g/mol. The maximum atomic E-state index is 5.96. The van der Waals surface area contributed by atoms with E-state index in [9.17, 15) is 0 Å². The number of likely N-dealkylation sites (tertiary alicyclic amines) is 1. The summed E-state index contributed by atoms with van der Waals surface area (Å²) in [6.45, 7) is 4.34. The monoisotopic (exact) mass is 248 g/mol. The van der Waals surface area contributed by atoms with Crippen molar-refractivity contribution >= 4 is 17.2 Å². The van der Waals surface area contributed by atoms with Gasteiger partial charge < -0.3 is 5.73 Å². The molecular weight excluding hydrogens is 228 g/mol. The number of hydrogen-bond donors (Lipinski definition) is 1. The third-order valence-electron chi connectivity index (χ3n) is 3.51. The molecule has 0 aromatic heterocycles. The van der Waals surface area contributed by atoms with Crippen molar-refractivity contribution < 1.29 is 0 Å². The summed E-state index contributed by atoms with van der Waals surface area (Å²) in [5, 5.41) is 0. The second-order valence-electron chi connectivity index (χ2n) is 4.76. The normalized spacial score (nSPS) is 18.9. The van der Waals surface area contributed by atoms with Crippen LogP contribution in [0.25, 0.3) is 0 Å². The van der Waals surface area contributed by atoms with Crippen molar-refractivity contribution in [3.05, 3.63) is 35.4 Å². The Hall–Kier alpha value is -0.930. The Morgan fingerprint density at radius 3 is 2.47 bits per heavy atom. The molecule has 2 N–H and O–H groups in total. The maximum absolute atomic E-state index is 5.96. The third kappa shape index (κ3) is 2.85. The van der Waals surface area contributed by atoms with Gasteiger partial charge in [-0.3, -0.25) is 4.90 Å². The molecular formula is C14H20N2S. The van der Waals surface area contributed by atoms with Crippen molar-refractivity contribution in [2.24, 2.45) is 5.73 Å². The molecule has 1 saturated heterocycles. The van der Waals surface area contributed by atoms with Crippen LogP contribution < -0.4 is 5.73 Å².